The maximum atomic E-state index is 13.8. The van der Waals surface area contributed by atoms with Crippen LogP contribution in [0.1, 0.15) is 56.4 Å². The van der Waals surface area contributed by atoms with Gasteiger partial charge in [0.25, 0.3) is 0 Å². The SMILES string of the molecule is CCC1=C2[C@@H](CC/C(=C/c3ccc(O)c(F)c3)CC)OC[C@@H]2[C@@H]2C(=O)N(Cc3cccs3)C(=O)[C@@H]2C1. The number of likely N-dealkylation sites (tertiary alicyclic amines) is 1. The number of aromatic hydroxyl groups is 1. The van der Waals surface area contributed by atoms with Crippen LogP contribution in [0, 0.1) is 23.6 Å². The van der Waals surface area contributed by atoms with Gasteiger partial charge in [-0.15, -0.1) is 11.3 Å². The number of carbonyl (C=O) groups excluding carboxylic acids is 2. The summed E-state index contributed by atoms with van der Waals surface area (Å²) >= 11 is 1.57. The zero-order chi connectivity index (χ0) is 25.4. The Labute approximate surface area is 215 Å². The van der Waals surface area contributed by atoms with Crippen molar-refractivity contribution in [3.8, 4) is 5.75 Å². The van der Waals surface area contributed by atoms with Crippen LogP contribution in [0.5, 0.6) is 5.75 Å². The fourth-order valence-corrected chi connectivity index (χ4v) is 6.80. The number of nitrogens with zero attached hydrogens (tertiary/aromatic N) is 1. The van der Waals surface area contributed by atoms with Gasteiger partial charge in [0.2, 0.25) is 11.8 Å². The Balaban J connectivity index is 1.33. The molecule has 1 aliphatic carbocycles. The summed E-state index contributed by atoms with van der Waals surface area (Å²) in [6, 6.07) is 8.34. The summed E-state index contributed by atoms with van der Waals surface area (Å²) in [6.45, 7) is 5.04. The van der Waals surface area contributed by atoms with Crippen molar-refractivity contribution in [1.82, 2.24) is 4.90 Å². The van der Waals surface area contributed by atoms with Gasteiger partial charge in [-0.2, -0.15) is 0 Å². The highest BCUT2D eigenvalue weighted by Crippen LogP contribution is 2.50. The van der Waals surface area contributed by atoms with Gasteiger partial charge in [0, 0.05) is 10.8 Å². The third-order valence-corrected chi connectivity index (χ3v) is 8.81. The lowest BCUT2D eigenvalue weighted by molar-refractivity contribution is -0.140. The fraction of sp³-hybridized carbons (Fsp3) is 0.448. The van der Waals surface area contributed by atoms with Gasteiger partial charge in [0.1, 0.15) is 0 Å². The summed E-state index contributed by atoms with van der Waals surface area (Å²) in [7, 11) is 0. The maximum Gasteiger partial charge on any atom is 0.234 e. The molecule has 3 aliphatic rings. The summed E-state index contributed by atoms with van der Waals surface area (Å²) < 4.78 is 20.1. The second-order valence-electron chi connectivity index (χ2n) is 9.92. The lowest BCUT2D eigenvalue weighted by Crippen LogP contribution is -2.34. The highest BCUT2D eigenvalue weighted by molar-refractivity contribution is 7.09. The van der Waals surface area contributed by atoms with Crippen molar-refractivity contribution in [2.45, 2.75) is 58.6 Å². The third-order valence-electron chi connectivity index (χ3n) is 7.94. The van der Waals surface area contributed by atoms with E-state index in [4.69, 9.17) is 4.74 Å². The number of benzene rings is 1. The maximum absolute atomic E-state index is 13.8. The van der Waals surface area contributed by atoms with Crippen LogP contribution in [0.2, 0.25) is 0 Å². The van der Waals surface area contributed by atoms with Crippen LogP contribution in [-0.4, -0.2) is 34.5 Å². The molecule has 190 valence electrons. The summed E-state index contributed by atoms with van der Waals surface area (Å²) in [5, 5.41) is 11.4. The lowest BCUT2D eigenvalue weighted by Gasteiger charge is -2.31. The van der Waals surface area contributed by atoms with Crippen molar-refractivity contribution in [2.75, 3.05) is 6.61 Å². The smallest absolute Gasteiger partial charge is 0.234 e. The predicted octanol–water partition coefficient (Wildman–Crippen LogP) is 6.09. The summed E-state index contributed by atoms with van der Waals surface area (Å²) in [4.78, 5) is 29.2. The Bertz CT molecular complexity index is 1220. The quantitative estimate of drug-likeness (QED) is 0.345. The molecule has 0 unspecified atom stereocenters. The molecule has 36 heavy (non-hydrogen) atoms. The molecule has 2 aliphatic heterocycles. The molecule has 5 rings (SSSR count). The minimum atomic E-state index is -0.625. The van der Waals surface area contributed by atoms with E-state index in [1.165, 1.54) is 33.8 Å². The highest BCUT2D eigenvalue weighted by atomic mass is 32.1. The Hall–Kier alpha value is -2.77. The van der Waals surface area contributed by atoms with Gasteiger partial charge >= 0.3 is 0 Å². The van der Waals surface area contributed by atoms with E-state index < -0.39 is 5.82 Å². The first-order chi connectivity index (χ1) is 17.4. The highest BCUT2D eigenvalue weighted by Gasteiger charge is 2.56. The van der Waals surface area contributed by atoms with Gasteiger partial charge in [-0.05, 0) is 66.8 Å². The number of allylic oxidation sites excluding steroid dienone is 2. The summed E-state index contributed by atoms with van der Waals surface area (Å²) in [5.74, 6) is -1.70. The van der Waals surface area contributed by atoms with Crippen molar-refractivity contribution in [3.63, 3.8) is 0 Å². The van der Waals surface area contributed by atoms with Crippen molar-refractivity contribution in [2.24, 2.45) is 17.8 Å². The molecule has 7 heteroatoms. The van der Waals surface area contributed by atoms with Gasteiger partial charge in [0.15, 0.2) is 11.6 Å². The monoisotopic (exact) mass is 509 g/mol. The van der Waals surface area contributed by atoms with E-state index in [0.717, 1.165) is 36.1 Å². The number of phenols is 1. The van der Waals surface area contributed by atoms with E-state index in [1.807, 2.05) is 23.6 Å². The number of thiophene rings is 1. The minimum Gasteiger partial charge on any atom is -0.505 e. The molecule has 0 bridgehead atoms. The van der Waals surface area contributed by atoms with Gasteiger partial charge in [-0.25, -0.2) is 4.39 Å². The van der Waals surface area contributed by atoms with E-state index in [0.29, 0.717) is 19.6 Å². The average Bonchev–Trinajstić information content (AvgIpc) is 3.60. The molecule has 1 aromatic heterocycles. The minimum absolute atomic E-state index is 0.0336. The van der Waals surface area contributed by atoms with Crippen LogP contribution in [0.25, 0.3) is 6.08 Å². The van der Waals surface area contributed by atoms with E-state index in [-0.39, 0.29) is 41.4 Å². The van der Waals surface area contributed by atoms with Crippen molar-refractivity contribution in [1.29, 1.82) is 0 Å². The Kier molecular flexibility index (Phi) is 7.13. The molecule has 2 aromatic rings. The molecule has 1 aromatic carbocycles. The first-order valence-corrected chi connectivity index (χ1v) is 13.7. The number of rotatable bonds is 8. The lowest BCUT2D eigenvalue weighted by atomic mass is 9.69. The van der Waals surface area contributed by atoms with Gasteiger partial charge in [-0.3, -0.25) is 14.5 Å². The molecular formula is C29H32FNO4S. The molecular weight excluding hydrogens is 477 g/mol. The number of halogens is 1. The number of hydrogen-bond donors (Lipinski definition) is 1. The van der Waals surface area contributed by atoms with E-state index in [9.17, 15) is 19.1 Å². The van der Waals surface area contributed by atoms with E-state index >= 15 is 0 Å². The third kappa shape index (κ3) is 4.55. The molecule has 0 saturated carbocycles. The molecule has 2 amide bonds. The normalized spacial score (nSPS) is 26.1. The predicted molar refractivity (Wildman–Crippen MR) is 138 cm³/mol. The van der Waals surface area contributed by atoms with E-state index in [1.54, 1.807) is 17.4 Å². The first kappa shape index (κ1) is 24.9. The number of ether oxygens (including phenoxy) is 1. The van der Waals surface area contributed by atoms with Crippen molar-refractivity contribution < 1.29 is 23.8 Å². The second-order valence-corrected chi connectivity index (χ2v) is 11.0. The number of fused-ring (bicyclic) bond motifs is 3. The molecule has 5 nitrogen and oxygen atoms in total. The van der Waals surface area contributed by atoms with Crippen LogP contribution in [0.4, 0.5) is 4.39 Å². The Morgan fingerprint density at radius 2 is 2.06 bits per heavy atom. The van der Waals surface area contributed by atoms with Crippen molar-refractivity contribution in [3.05, 3.63) is 68.7 Å². The molecule has 1 N–H and O–H groups in total. The average molecular weight is 510 g/mol. The molecule has 2 saturated heterocycles. The second kappa shape index (κ2) is 10.3. The summed E-state index contributed by atoms with van der Waals surface area (Å²) in [6.07, 6.45) is 5.81. The summed E-state index contributed by atoms with van der Waals surface area (Å²) in [5.41, 5.74) is 4.41. The molecule has 2 fully saturated rings. The first-order valence-electron chi connectivity index (χ1n) is 12.8. The number of amides is 2. The van der Waals surface area contributed by atoms with Gasteiger partial charge in [-0.1, -0.05) is 43.2 Å². The fourth-order valence-electron chi connectivity index (χ4n) is 6.11. The Morgan fingerprint density at radius 3 is 2.75 bits per heavy atom. The van der Waals surface area contributed by atoms with Gasteiger partial charge in [0.05, 0.1) is 31.1 Å². The Morgan fingerprint density at radius 1 is 1.22 bits per heavy atom. The molecule has 0 radical (unpaired) electrons. The molecule has 0 spiro atoms. The van der Waals surface area contributed by atoms with E-state index in [2.05, 4.69) is 13.8 Å². The molecule has 3 heterocycles. The van der Waals surface area contributed by atoms with Crippen LogP contribution in [0.15, 0.2) is 52.4 Å². The largest absolute Gasteiger partial charge is 0.505 e. The van der Waals surface area contributed by atoms with Gasteiger partial charge < -0.3 is 9.84 Å². The zero-order valence-corrected chi connectivity index (χ0v) is 21.5. The van der Waals surface area contributed by atoms with Crippen LogP contribution >= 0.6 is 11.3 Å². The zero-order valence-electron chi connectivity index (χ0n) is 20.7. The van der Waals surface area contributed by atoms with Crippen LogP contribution < -0.4 is 0 Å². The number of imide groups is 1. The number of carbonyl (C=O) groups is 2. The van der Waals surface area contributed by atoms with Crippen LogP contribution in [0.3, 0.4) is 0 Å². The van der Waals surface area contributed by atoms with Crippen LogP contribution in [-0.2, 0) is 20.9 Å². The molecule has 4 atom stereocenters. The topological polar surface area (TPSA) is 66.8 Å². The van der Waals surface area contributed by atoms with Crippen molar-refractivity contribution >= 4 is 29.2 Å². The number of hydrogen-bond acceptors (Lipinski definition) is 5. The standard InChI is InChI=1S/C29H32FNO4S/c1-3-17(12-18-7-9-24(32)23(30)13-18)8-10-25-26-19(4-2)14-21-27(22(26)16-35-25)29(34)31(28(21)33)15-20-6-5-11-36-20/h5-7,9,11-13,21-22,25,27,32H,3-4,8,10,14-16H2,1-2H3/b17-12+/t21-,22+,25-,27-/m1/s1. The number of phenolic OH excluding ortho intramolecular Hbond substituents is 1.